The summed E-state index contributed by atoms with van der Waals surface area (Å²) in [5.74, 6) is -0.181. The van der Waals surface area contributed by atoms with E-state index in [0.29, 0.717) is 21.3 Å². The molecule has 1 fully saturated rings. The van der Waals surface area contributed by atoms with Crippen molar-refractivity contribution in [1.29, 1.82) is 0 Å². The van der Waals surface area contributed by atoms with Crippen LogP contribution in [-0.4, -0.2) is 35.6 Å². The van der Waals surface area contributed by atoms with E-state index in [1.807, 2.05) is 29.2 Å². The normalized spacial score (nSPS) is 14.0. The second kappa shape index (κ2) is 9.85. The lowest BCUT2D eigenvalue weighted by Crippen LogP contribution is -2.35. The predicted octanol–water partition coefficient (Wildman–Crippen LogP) is 4.31. The van der Waals surface area contributed by atoms with Gasteiger partial charge in [-0.2, -0.15) is 0 Å². The number of nitrogens with zero attached hydrogens (tertiary/aromatic N) is 1. The molecule has 2 aromatic rings. The van der Waals surface area contributed by atoms with Crippen LogP contribution < -0.4 is 5.32 Å². The molecule has 1 N–H and O–H groups in total. The molecule has 5 nitrogen and oxygen atoms in total. The first-order valence-corrected chi connectivity index (χ1v) is 10.7. The van der Waals surface area contributed by atoms with Crippen LogP contribution in [0.1, 0.15) is 57.7 Å². The van der Waals surface area contributed by atoms with Gasteiger partial charge in [-0.1, -0.05) is 23.7 Å². The van der Waals surface area contributed by atoms with Gasteiger partial charge in [0.15, 0.2) is 5.78 Å². The number of carbonyl (C=O) groups is 3. The van der Waals surface area contributed by atoms with Crippen molar-refractivity contribution in [2.75, 3.05) is 13.1 Å². The predicted molar refractivity (Wildman–Crippen MR) is 111 cm³/mol. The summed E-state index contributed by atoms with van der Waals surface area (Å²) < 4.78 is 0.565. The number of hydrogen-bond acceptors (Lipinski definition) is 4. The second-order valence-corrected chi connectivity index (χ2v) is 8.57. The zero-order valence-electron chi connectivity index (χ0n) is 15.6. The first-order valence-electron chi connectivity index (χ1n) is 9.46. The monoisotopic (exact) mass is 418 g/mol. The lowest BCUT2D eigenvalue weighted by Gasteiger charge is -2.26. The smallest absolute Gasteiger partial charge is 0.253 e. The fourth-order valence-electron chi connectivity index (χ4n) is 3.15. The number of nitrogens with one attached hydrogen (secondary N) is 1. The molecule has 1 aromatic carbocycles. The van der Waals surface area contributed by atoms with E-state index in [1.54, 1.807) is 12.1 Å². The number of thiophene rings is 1. The number of benzene rings is 1. The van der Waals surface area contributed by atoms with Crippen LogP contribution in [-0.2, 0) is 11.3 Å². The number of hydrogen-bond donors (Lipinski definition) is 1. The van der Waals surface area contributed by atoms with E-state index in [1.165, 1.54) is 17.8 Å². The number of ketones is 1. The van der Waals surface area contributed by atoms with Gasteiger partial charge in [0.05, 0.1) is 9.21 Å². The van der Waals surface area contributed by atoms with Crippen molar-refractivity contribution >= 4 is 40.5 Å². The van der Waals surface area contributed by atoms with Gasteiger partial charge in [-0.25, -0.2) is 0 Å². The van der Waals surface area contributed by atoms with Crippen LogP contribution in [0, 0.1) is 0 Å². The van der Waals surface area contributed by atoms with E-state index in [0.717, 1.165) is 31.5 Å². The Morgan fingerprint density at radius 3 is 2.32 bits per heavy atom. The zero-order valence-corrected chi connectivity index (χ0v) is 17.2. The fraction of sp³-hybridized carbons (Fsp3) is 0.381. The van der Waals surface area contributed by atoms with Crippen LogP contribution in [0.5, 0.6) is 0 Å². The zero-order chi connectivity index (χ0) is 19.9. The molecular formula is C21H23ClN2O3S. The average Bonchev–Trinajstić information content (AvgIpc) is 3.17. The third-order valence-electron chi connectivity index (χ3n) is 4.76. The Kier molecular flexibility index (Phi) is 7.23. The lowest BCUT2D eigenvalue weighted by atomic mass is 10.1. The summed E-state index contributed by atoms with van der Waals surface area (Å²) in [4.78, 5) is 38.9. The van der Waals surface area contributed by atoms with Crippen molar-refractivity contribution in [2.24, 2.45) is 0 Å². The minimum atomic E-state index is -0.176. The van der Waals surface area contributed by atoms with Crippen LogP contribution in [0.4, 0.5) is 0 Å². The molecule has 1 aromatic heterocycles. The van der Waals surface area contributed by atoms with Crippen LogP contribution in [0.25, 0.3) is 0 Å². The standard InChI is InChI=1S/C21H23ClN2O3S/c22-19-10-9-18(28-19)17(25)8-11-20(26)23-14-15-4-6-16(7-5-15)21(27)24-12-2-1-3-13-24/h4-7,9-10H,1-3,8,11-14H2,(H,23,26). The van der Waals surface area contributed by atoms with E-state index in [4.69, 9.17) is 11.6 Å². The van der Waals surface area contributed by atoms with Crippen molar-refractivity contribution in [3.63, 3.8) is 0 Å². The van der Waals surface area contributed by atoms with Gasteiger partial charge in [-0.3, -0.25) is 14.4 Å². The summed E-state index contributed by atoms with van der Waals surface area (Å²) in [5.41, 5.74) is 1.59. The molecule has 1 aliphatic rings. The fourth-order valence-corrected chi connectivity index (χ4v) is 4.16. The molecule has 1 aliphatic heterocycles. The Labute approximate surface area is 173 Å². The summed E-state index contributed by atoms with van der Waals surface area (Å²) in [6.45, 7) is 2.02. The molecule has 0 atom stereocenters. The number of piperidine rings is 1. The highest BCUT2D eigenvalue weighted by atomic mass is 35.5. The maximum absolute atomic E-state index is 12.5. The van der Waals surface area contributed by atoms with Gasteiger partial charge >= 0.3 is 0 Å². The molecular weight excluding hydrogens is 396 g/mol. The number of rotatable bonds is 7. The molecule has 0 spiro atoms. The summed E-state index contributed by atoms with van der Waals surface area (Å²) >= 11 is 7.05. The van der Waals surface area contributed by atoms with Gasteiger partial charge < -0.3 is 10.2 Å². The highest BCUT2D eigenvalue weighted by molar-refractivity contribution is 7.18. The molecule has 2 heterocycles. The van der Waals surface area contributed by atoms with Crippen molar-refractivity contribution in [1.82, 2.24) is 10.2 Å². The molecule has 0 unspecified atom stereocenters. The number of likely N-dealkylation sites (tertiary alicyclic amines) is 1. The van der Waals surface area contributed by atoms with Gasteiger partial charge in [-0.05, 0) is 49.1 Å². The largest absolute Gasteiger partial charge is 0.352 e. The molecule has 0 radical (unpaired) electrons. The van der Waals surface area contributed by atoms with Crippen molar-refractivity contribution in [3.05, 3.63) is 56.7 Å². The van der Waals surface area contributed by atoms with E-state index in [9.17, 15) is 14.4 Å². The van der Waals surface area contributed by atoms with E-state index in [-0.39, 0.29) is 30.4 Å². The maximum atomic E-state index is 12.5. The molecule has 148 valence electrons. The van der Waals surface area contributed by atoms with Crippen LogP contribution in [0.15, 0.2) is 36.4 Å². The van der Waals surface area contributed by atoms with Crippen LogP contribution in [0.2, 0.25) is 4.34 Å². The molecule has 0 aliphatic carbocycles. The third-order valence-corrected chi connectivity index (χ3v) is 6.03. The Morgan fingerprint density at radius 1 is 0.964 bits per heavy atom. The molecule has 1 saturated heterocycles. The van der Waals surface area contributed by atoms with Crippen molar-refractivity contribution in [2.45, 2.75) is 38.6 Å². The van der Waals surface area contributed by atoms with E-state index >= 15 is 0 Å². The lowest BCUT2D eigenvalue weighted by molar-refractivity contribution is -0.121. The number of Topliss-reactive ketones (excluding diaryl/α,β-unsaturated/α-hetero) is 1. The molecule has 3 rings (SSSR count). The third kappa shape index (κ3) is 5.66. The van der Waals surface area contributed by atoms with Crippen LogP contribution in [0.3, 0.4) is 0 Å². The highest BCUT2D eigenvalue weighted by Gasteiger charge is 2.18. The Morgan fingerprint density at radius 2 is 1.68 bits per heavy atom. The van der Waals surface area contributed by atoms with Crippen LogP contribution >= 0.6 is 22.9 Å². The van der Waals surface area contributed by atoms with Gasteiger partial charge in [0.1, 0.15) is 0 Å². The summed E-state index contributed by atoms with van der Waals surface area (Å²) in [6.07, 6.45) is 3.62. The first kappa shape index (κ1) is 20.6. The van der Waals surface area contributed by atoms with Gasteiger partial charge in [0.25, 0.3) is 5.91 Å². The topological polar surface area (TPSA) is 66.5 Å². The summed E-state index contributed by atoms with van der Waals surface area (Å²) in [5, 5.41) is 2.81. The Balaban J connectivity index is 1.43. The molecule has 28 heavy (non-hydrogen) atoms. The quantitative estimate of drug-likeness (QED) is 0.681. The Hall–Kier alpha value is -2.18. The molecule has 2 amide bonds. The number of amides is 2. The van der Waals surface area contributed by atoms with Gasteiger partial charge in [0.2, 0.25) is 5.91 Å². The van der Waals surface area contributed by atoms with Gasteiger partial charge in [-0.15, -0.1) is 11.3 Å². The summed E-state index contributed by atoms with van der Waals surface area (Å²) in [7, 11) is 0. The van der Waals surface area contributed by atoms with E-state index in [2.05, 4.69) is 5.32 Å². The summed E-state index contributed by atoms with van der Waals surface area (Å²) in [6, 6.07) is 10.7. The number of carbonyl (C=O) groups excluding carboxylic acids is 3. The minimum absolute atomic E-state index is 0.0717. The minimum Gasteiger partial charge on any atom is -0.352 e. The van der Waals surface area contributed by atoms with Gasteiger partial charge in [0, 0.05) is 38.0 Å². The van der Waals surface area contributed by atoms with Crippen molar-refractivity contribution < 1.29 is 14.4 Å². The SMILES string of the molecule is O=C(CCC(=O)c1ccc(Cl)s1)NCc1ccc(C(=O)N2CCCCC2)cc1. The Bertz CT molecular complexity index is 842. The van der Waals surface area contributed by atoms with Crippen molar-refractivity contribution in [3.8, 4) is 0 Å². The molecule has 0 saturated carbocycles. The van der Waals surface area contributed by atoms with E-state index < -0.39 is 0 Å². The highest BCUT2D eigenvalue weighted by Crippen LogP contribution is 2.22. The first-order chi connectivity index (χ1) is 13.5. The second-order valence-electron chi connectivity index (χ2n) is 6.85. The molecule has 0 bridgehead atoms. The average molecular weight is 419 g/mol. The molecule has 7 heteroatoms. The maximum Gasteiger partial charge on any atom is 0.253 e. The number of halogens is 1.